The summed E-state index contributed by atoms with van der Waals surface area (Å²) in [6.45, 7) is 7.69. The average Bonchev–Trinajstić information content (AvgIpc) is 2.63. The van der Waals surface area contributed by atoms with Crippen LogP contribution in [-0.2, 0) is 27.1 Å². The van der Waals surface area contributed by atoms with E-state index in [9.17, 15) is 14.4 Å². The first kappa shape index (κ1) is 22.9. The fourth-order valence-corrected chi connectivity index (χ4v) is 2.90. The largest absolute Gasteiger partial charge is 0.462 e. The van der Waals surface area contributed by atoms with Crippen molar-refractivity contribution in [2.24, 2.45) is 0 Å². The molecule has 1 aromatic carbocycles. The Bertz CT molecular complexity index is 648. The summed E-state index contributed by atoms with van der Waals surface area (Å²) < 4.78 is 10.2. The van der Waals surface area contributed by atoms with Crippen molar-refractivity contribution in [3.63, 3.8) is 0 Å². The van der Waals surface area contributed by atoms with Crippen LogP contribution >= 0.6 is 0 Å². The highest BCUT2D eigenvalue weighted by atomic mass is 16.6. The minimum Gasteiger partial charge on any atom is -0.462 e. The second kappa shape index (κ2) is 12.3. The van der Waals surface area contributed by atoms with Crippen LogP contribution in [0, 0.1) is 0 Å². The van der Waals surface area contributed by atoms with E-state index in [1.165, 1.54) is 6.92 Å². The summed E-state index contributed by atoms with van der Waals surface area (Å²) in [5.74, 6) is -2.01. The van der Waals surface area contributed by atoms with Gasteiger partial charge < -0.3 is 9.47 Å². The first-order valence-electron chi connectivity index (χ1n) is 10.0. The van der Waals surface area contributed by atoms with Crippen LogP contribution in [-0.4, -0.2) is 24.5 Å². The molecule has 0 aromatic heterocycles. The zero-order valence-electron chi connectivity index (χ0n) is 17.1. The van der Waals surface area contributed by atoms with Gasteiger partial charge in [0.05, 0.1) is 17.7 Å². The Hall–Kier alpha value is -2.17. The Kier molecular flexibility index (Phi) is 10.4. The van der Waals surface area contributed by atoms with Crippen molar-refractivity contribution in [3.05, 3.63) is 34.4 Å². The lowest BCUT2D eigenvalue weighted by molar-refractivity contribution is -0.135. The number of rotatable bonds is 11. The molecule has 1 rings (SSSR count). The van der Waals surface area contributed by atoms with Crippen LogP contribution in [0.3, 0.4) is 0 Å². The monoisotopic (exact) mass is 376 g/mol. The summed E-state index contributed by atoms with van der Waals surface area (Å²) in [5, 5.41) is 0. The molecule has 0 unspecified atom stereocenters. The number of ether oxygens (including phenoxy) is 2. The molecule has 0 aliphatic carbocycles. The van der Waals surface area contributed by atoms with Crippen molar-refractivity contribution in [2.75, 3.05) is 6.61 Å². The molecule has 0 N–H and O–H groups in total. The predicted molar refractivity (Wildman–Crippen MR) is 105 cm³/mol. The van der Waals surface area contributed by atoms with Gasteiger partial charge >= 0.3 is 17.9 Å². The molecule has 0 heterocycles. The number of benzene rings is 1. The lowest BCUT2D eigenvalue weighted by Crippen LogP contribution is -2.19. The molecule has 0 atom stereocenters. The molecule has 0 fully saturated rings. The summed E-state index contributed by atoms with van der Waals surface area (Å²) in [6.07, 6.45) is 7.11. The standard InChI is InChI=1S/C22H32O5/c1-5-8-11-17-13-14-19(21(24)27-16(4)23)20(18(17)12-9-6-2)22(25)26-15-10-7-3/h13-14H,5-12,15H2,1-4H3. The van der Waals surface area contributed by atoms with E-state index < -0.39 is 17.9 Å². The highest BCUT2D eigenvalue weighted by Gasteiger charge is 2.26. The molecule has 0 aliphatic heterocycles. The van der Waals surface area contributed by atoms with Gasteiger partial charge in [0.15, 0.2) is 0 Å². The Labute approximate surface area is 162 Å². The molecular weight excluding hydrogens is 344 g/mol. The second-order valence-electron chi connectivity index (χ2n) is 6.70. The fraction of sp³-hybridized carbons (Fsp3) is 0.591. The van der Waals surface area contributed by atoms with Gasteiger partial charge in [-0.25, -0.2) is 9.59 Å². The number of aryl methyl sites for hydroxylation is 1. The van der Waals surface area contributed by atoms with E-state index in [0.29, 0.717) is 13.0 Å². The Morgan fingerprint density at radius 2 is 1.48 bits per heavy atom. The van der Waals surface area contributed by atoms with Crippen LogP contribution in [0.4, 0.5) is 0 Å². The van der Waals surface area contributed by atoms with Crippen molar-refractivity contribution in [1.29, 1.82) is 0 Å². The quantitative estimate of drug-likeness (QED) is 0.308. The number of unbranched alkanes of at least 4 members (excludes halogenated alkanes) is 3. The van der Waals surface area contributed by atoms with E-state index in [4.69, 9.17) is 9.47 Å². The molecule has 27 heavy (non-hydrogen) atoms. The van der Waals surface area contributed by atoms with Crippen LogP contribution in [0.25, 0.3) is 0 Å². The van der Waals surface area contributed by atoms with Crippen LogP contribution in [0.5, 0.6) is 0 Å². The molecule has 5 heteroatoms. The predicted octanol–water partition coefficient (Wildman–Crippen LogP) is 5.03. The summed E-state index contributed by atoms with van der Waals surface area (Å²) >= 11 is 0. The van der Waals surface area contributed by atoms with Gasteiger partial charge in [-0.1, -0.05) is 46.1 Å². The molecule has 1 aromatic rings. The van der Waals surface area contributed by atoms with Gasteiger partial charge in [0.2, 0.25) is 0 Å². The van der Waals surface area contributed by atoms with Crippen LogP contribution in [0.2, 0.25) is 0 Å². The van der Waals surface area contributed by atoms with Crippen LogP contribution in [0.1, 0.15) is 98.1 Å². The second-order valence-corrected chi connectivity index (χ2v) is 6.70. The zero-order valence-corrected chi connectivity index (χ0v) is 17.1. The lowest BCUT2D eigenvalue weighted by Gasteiger charge is -2.17. The van der Waals surface area contributed by atoms with E-state index in [1.807, 2.05) is 13.0 Å². The minimum absolute atomic E-state index is 0.109. The molecule has 0 saturated heterocycles. The topological polar surface area (TPSA) is 69.7 Å². The van der Waals surface area contributed by atoms with Crippen molar-refractivity contribution in [2.45, 2.75) is 79.1 Å². The van der Waals surface area contributed by atoms with E-state index in [0.717, 1.165) is 56.1 Å². The van der Waals surface area contributed by atoms with Crippen molar-refractivity contribution >= 4 is 17.9 Å². The van der Waals surface area contributed by atoms with Gasteiger partial charge in [0.1, 0.15) is 0 Å². The summed E-state index contributed by atoms with van der Waals surface area (Å²) in [4.78, 5) is 36.5. The van der Waals surface area contributed by atoms with Gasteiger partial charge in [0.25, 0.3) is 0 Å². The van der Waals surface area contributed by atoms with Gasteiger partial charge in [-0.15, -0.1) is 0 Å². The first-order chi connectivity index (χ1) is 13.0. The normalized spacial score (nSPS) is 10.5. The highest BCUT2D eigenvalue weighted by Crippen LogP contribution is 2.25. The van der Waals surface area contributed by atoms with E-state index in [1.54, 1.807) is 6.07 Å². The van der Waals surface area contributed by atoms with Crippen LogP contribution in [0.15, 0.2) is 12.1 Å². The SMILES string of the molecule is CCCCOC(=O)c1c(C(=O)OC(C)=O)ccc(CCCC)c1CCCC. The molecule has 0 bridgehead atoms. The maximum atomic E-state index is 12.8. The van der Waals surface area contributed by atoms with Gasteiger partial charge in [0, 0.05) is 6.92 Å². The Morgan fingerprint density at radius 3 is 2.07 bits per heavy atom. The summed E-state index contributed by atoms with van der Waals surface area (Å²) in [7, 11) is 0. The molecule has 0 saturated carbocycles. The third kappa shape index (κ3) is 7.16. The zero-order chi connectivity index (χ0) is 20.2. The minimum atomic E-state index is -0.801. The van der Waals surface area contributed by atoms with E-state index in [2.05, 4.69) is 13.8 Å². The number of carbonyl (C=O) groups is 3. The van der Waals surface area contributed by atoms with Gasteiger partial charge in [-0.05, 0) is 49.3 Å². The molecule has 150 valence electrons. The summed E-state index contributed by atoms with van der Waals surface area (Å²) in [6, 6.07) is 3.46. The summed E-state index contributed by atoms with van der Waals surface area (Å²) in [5.41, 5.74) is 2.29. The third-order valence-corrected chi connectivity index (χ3v) is 4.38. The van der Waals surface area contributed by atoms with Crippen molar-refractivity contribution in [1.82, 2.24) is 0 Å². The molecular formula is C22H32O5. The Morgan fingerprint density at radius 1 is 0.852 bits per heavy atom. The fourth-order valence-electron chi connectivity index (χ4n) is 2.90. The number of hydrogen-bond donors (Lipinski definition) is 0. The average molecular weight is 376 g/mol. The van der Waals surface area contributed by atoms with E-state index in [-0.39, 0.29) is 11.1 Å². The number of carbonyl (C=O) groups excluding carboxylic acids is 3. The van der Waals surface area contributed by atoms with Crippen LogP contribution < -0.4 is 0 Å². The van der Waals surface area contributed by atoms with Gasteiger partial charge in [-0.3, -0.25) is 4.79 Å². The molecule has 0 spiro atoms. The first-order valence-corrected chi connectivity index (χ1v) is 10.0. The maximum Gasteiger partial charge on any atom is 0.346 e. The van der Waals surface area contributed by atoms with Crippen molar-refractivity contribution in [3.8, 4) is 0 Å². The lowest BCUT2D eigenvalue weighted by atomic mass is 9.90. The molecule has 5 nitrogen and oxygen atoms in total. The molecule has 0 amide bonds. The van der Waals surface area contributed by atoms with E-state index >= 15 is 0 Å². The smallest absolute Gasteiger partial charge is 0.346 e. The molecule has 0 radical (unpaired) electrons. The third-order valence-electron chi connectivity index (χ3n) is 4.38. The Balaban J connectivity index is 3.40. The molecule has 0 aliphatic rings. The maximum absolute atomic E-state index is 12.8. The van der Waals surface area contributed by atoms with Crippen molar-refractivity contribution < 1.29 is 23.9 Å². The highest BCUT2D eigenvalue weighted by molar-refractivity contribution is 6.06. The number of esters is 3. The van der Waals surface area contributed by atoms with Gasteiger partial charge in [-0.2, -0.15) is 0 Å². The number of hydrogen-bond acceptors (Lipinski definition) is 5.